The third kappa shape index (κ3) is 3.36. The average Bonchev–Trinajstić information content (AvgIpc) is 2.73. The Morgan fingerprint density at radius 3 is 2.95 bits per heavy atom. The molecule has 1 aliphatic rings. The Balaban J connectivity index is 2.18. The molecule has 0 spiro atoms. The molecule has 1 fully saturated rings. The minimum atomic E-state index is -0.0136. The second kappa shape index (κ2) is 5.75. The fourth-order valence-electron chi connectivity index (χ4n) is 2.52. The van der Waals surface area contributed by atoms with Gasteiger partial charge in [0.05, 0.1) is 0 Å². The summed E-state index contributed by atoms with van der Waals surface area (Å²) in [5.41, 5.74) is 6.15. The zero-order valence-corrected chi connectivity index (χ0v) is 12.0. The summed E-state index contributed by atoms with van der Waals surface area (Å²) in [6, 6.07) is 3.42. The molecule has 1 aliphatic heterocycles. The second-order valence-electron chi connectivity index (χ2n) is 5.16. The van der Waals surface area contributed by atoms with Crippen molar-refractivity contribution in [1.29, 1.82) is 0 Å². The van der Waals surface area contributed by atoms with Crippen LogP contribution in [0.1, 0.15) is 23.2 Å². The van der Waals surface area contributed by atoms with Gasteiger partial charge < -0.3 is 15.5 Å². The van der Waals surface area contributed by atoms with Gasteiger partial charge in [0.2, 0.25) is 0 Å². The van der Waals surface area contributed by atoms with E-state index in [1.165, 1.54) is 0 Å². The van der Waals surface area contributed by atoms with Gasteiger partial charge in [0.15, 0.2) is 0 Å². The van der Waals surface area contributed by atoms with Gasteiger partial charge in [-0.1, -0.05) is 11.6 Å². The number of hydrogen-bond donors (Lipinski definition) is 1. The number of rotatable bonds is 3. The number of hydrogen-bond acceptors (Lipinski definition) is 4. The van der Waals surface area contributed by atoms with E-state index < -0.39 is 0 Å². The predicted molar refractivity (Wildman–Crippen MR) is 76.3 cm³/mol. The van der Waals surface area contributed by atoms with Gasteiger partial charge in [0, 0.05) is 24.7 Å². The highest BCUT2D eigenvalue weighted by Crippen LogP contribution is 2.22. The number of halogens is 1. The first-order chi connectivity index (χ1) is 8.97. The van der Waals surface area contributed by atoms with Gasteiger partial charge in [-0.3, -0.25) is 4.79 Å². The highest BCUT2D eigenvalue weighted by atomic mass is 35.5. The Labute approximate surface area is 118 Å². The minimum absolute atomic E-state index is 0.0136. The number of nitrogen functional groups attached to an aromatic ring is 1. The maximum Gasteiger partial charge on any atom is 0.254 e. The molecule has 1 aromatic heterocycles. The summed E-state index contributed by atoms with van der Waals surface area (Å²) in [5.74, 6) is 0.263. The summed E-state index contributed by atoms with van der Waals surface area (Å²) < 4.78 is 0. The first-order valence-corrected chi connectivity index (χ1v) is 6.74. The van der Waals surface area contributed by atoms with Crippen LogP contribution in [-0.2, 0) is 0 Å². The average molecular weight is 283 g/mol. The Kier molecular flexibility index (Phi) is 4.27. The standard InChI is InChI=1S/C13H19ClN4O/c1-17(2)8-10-4-3-5-18(10)13(19)9-6-11(14)16-12(15)7-9/h6-7,10H,3-5,8H2,1-2H3,(H2,15,16). The van der Waals surface area contributed by atoms with Gasteiger partial charge >= 0.3 is 0 Å². The summed E-state index contributed by atoms with van der Waals surface area (Å²) in [5, 5.41) is 0.256. The summed E-state index contributed by atoms with van der Waals surface area (Å²) in [6.45, 7) is 1.66. The van der Waals surface area contributed by atoms with Crippen molar-refractivity contribution in [3.8, 4) is 0 Å². The molecule has 19 heavy (non-hydrogen) atoms. The van der Waals surface area contributed by atoms with E-state index in [-0.39, 0.29) is 22.9 Å². The molecule has 2 N–H and O–H groups in total. The van der Waals surface area contributed by atoms with Crippen molar-refractivity contribution >= 4 is 23.3 Å². The zero-order chi connectivity index (χ0) is 14.0. The molecular formula is C13H19ClN4O. The molecule has 6 heteroatoms. The lowest BCUT2D eigenvalue weighted by Gasteiger charge is -2.27. The van der Waals surface area contributed by atoms with E-state index >= 15 is 0 Å². The number of nitrogens with two attached hydrogens (primary N) is 1. The zero-order valence-electron chi connectivity index (χ0n) is 11.3. The van der Waals surface area contributed by atoms with Crippen LogP contribution in [0.3, 0.4) is 0 Å². The summed E-state index contributed by atoms with van der Waals surface area (Å²) in [7, 11) is 4.03. The van der Waals surface area contributed by atoms with Crippen molar-refractivity contribution in [1.82, 2.24) is 14.8 Å². The molecule has 5 nitrogen and oxygen atoms in total. The normalized spacial score (nSPS) is 19.2. The lowest BCUT2D eigenvalue weighted by molar-refractivity contribution is 0.0716. The fourth-order valence-corrected chi connectivity index (χ4v) is 2.74. The molecule has 0 saturated carbocycles. The lowest BCUT2D eigenvalue weighted by Crippen LogP contribution is -2.41. The van der Waals surface area contributed by atoms with E-state index in [9.17, 15) is 4.79 Å². The van der Waals surface area contributed by atoms with Gasteiger partial charge in [0.25, 0.3) is 5.91 Å². The van der Waals surface area contributed by atoms with Gasteiger partial charge in [-0.25, -0.2) is 4.98 Å². The number of likely N-dealkylation sites (N-methyl/N-ethyl adjacent to an activating group) is 1. The molecule has 0 aliphatic carbocycles. The van der Waals surface area contributed by atoms with Crippen LogP contribution in [0.15, 0.2) is 12.1 Å². The summed E-state index contributed by atoms with van der Waals surface area (Å²) in [4.78, 5) is 20.4. The van der Waals surface area contributed by atoms with Crippen molar-refractivity contribution in [2.24, 2.45) is 0 Å². The summed E-state index contributed by atoms with van der Waals surface area (Å²) in [6.07, 6.45) is 2.08. The molecule has 1 unspecified atom stereocenters. The number of anilines is 1. The molecule has 1 atom stereocenters. The van der Waals surface area contributed by atoms with Crippen LogP contribution in [0.5, 0.6) is 0 Å². The largest absolute Gasteiger partial charge is 0.384 e. The quantitative estimate of drug-likeness (QED) is 0.853. The van der Waals surface area contributed by atoms with Gasteiger partial charge in [-0.15, -0.1) is 0 Å². The van der Waals surface area contributed by atoms with Crippen LogP contribution in [0.2, 0.25) is 5.15 Å². The third-order valence-electron chi connectivity index (χ3n) is 3.27. The van der Waals surface area contributed by atoms with Gasteiger partial charge in [-0.05, 0) is 39.1 Å². The maximum absolute atomic E-state index is 12.5. The predicted octanol–water partition coefficient (Wildman–Crippen LogP) is 1.48. The Hall–Kier alpha value is -1.33. The number of carbonyl (C=O) groups is 1. The van der Waals surface area contributed by atoms with Crippen LogP contribution in [0.25, 0.3) is 0 Å². The van der Waals surface area contributed by atoms with Crippen LogP contribution in [0.4, 0.5) is 5.82 Å². The van der Waals surface area contributed by atoms with E-state index in [0.717, 1.165) is 25.9 Å². The molecule has 1 amide bonds. The smallest absolute Gasteiger partial charge is 0.254 e. The lowest BCUT2D eigenvalue weighted by atomic mass is 10.2. The van der Waals surface area contributed by atoms with Crippen molar-refractivity contribution in [2.45, 2.75) is 18.9 Å². The number of nitrogens with zero attached hydrogens (tertiary/aromatic N) is 3. The second-order valence-corrected chi connectivity index (χ2v) is 5.55. The van der Waals surface area contributed by atoms with Crippen molar-refractivity contribution in [3.63, 3.8) is 0 Å². The van der Waals surface area contributed by atoms with E-state index in [0.29, 0.717) is 5.56 Å². The Morgan fingerprint density at radius 2 is 2.32 bits per heavy atom. The maximum atomic E-state index is 12.5. The third-order valence-corrected chi connectivity index (χ3v) is 3.47. The van der Waals surface area contributed by atoms with Gasteiger partial charge in [0.1, 0.15) is 11.0 Å². The van der Waals surface area contributed by atoms with E-state index in [1.54, 1.807) is 12.1 Å². The Morgan fingerprint density at radius 1 is 1.58 bits per heavy atom. The first kappa shape index (κ1) is 14.1. The number of carbonyl (C=O) groups excluding carboxylic acids is 1. The summed E-state index contributed by atoms with van der Waals surface area (Å²) >= 11 is 5.85. The first-order valence-electron chi connectivity index (χ1n) is 6.36. The molecule has 2 heterocycles. The minimum Gasteiger partial charge on any atom is -0.384 e. The topological polar surface area (TPSA) is 62.5 Å². The van der Waals surface area contributed by atoms with Crippen LogP contribution < -0.4 is 5.73 Å². The highest BCUT2D eigenvalue weighted by Gasteiger charge is 2.29. The number of amides is 1. The number of likely N-dealkylation sites (tertiary alicyclic amines) is 1. The van der Waals surface area contributed by atoms with E-state index in [2.05, 4.69) is 9.88 Å². The van der Waals surface area contributed by atoms with Crippen molar-refractivity contribution in [3.05, 3.63) is 22.8 Å². The Bertz CT molecular complexity index is 457. The molecule has 0 aromatic carbocycles. The molecule has 0 radical (unpaired) electrons. The molecule has 104 valence electrons. The van der Waals surface area contributed by atoms with Crippen molar-refractivity contribution in [2.75, 3.05) is 32.9 Å². The fraction of sp³-hybridized carbons (Fsp3) is 0.538. The molecule has 0 bridgehead atoms. The highest BCUT2D eigenvalue weighted by molar-refractivity contribution is 6.29. The molecule has 2 rings (SSSR count). The van der Waals surface area contributed by atoms with Gasteiger partial charge in [-0.2, -0.15) is 0 Å². The number of aromatic nitrogens is 1. The van der Waals surface area contributed by atoms with Crippen LogP contribution in [-0.4, -0.2) is 53.9 Å². The van der Waals surface area contributed by atoms with Crippen molar-refractivity contribution < 1.29 is 4.79 Å². The van der Waals surface area contributed by atoms with E-state index in [1.807, 2.05) is 19.0 Å². The van der Waals surface area contributed by atoms with Crippen LogP contribution in [0, 0.1) is 0 Å². The molecule has 1 aromatic rings. The molecule has 1 saturated heterocycles. The molecular weight excluding hydrogens is 264 g/mol. The monoisotopic (exact) mass is 282 g/mol. The number of pyridine rings is 1. The van der Waals surface area contributed by atoms with Crippen LogP contribution >= 0.6 is 11.6 Å². The van der Waals surface area contributed by atoms with E-state index in [4.69, 9.17) is 17.3 Å². The SMILES string of the molecule is CN(C)CC1CCCN1C(=O)c1cc(N)nc(Cl)c1.